The number of hydrogen-bond acceptors (Lipinski definition) is 4. The molecule has 0 bridgehead atoms. The molecule has 3 N–H and O–H groups in total. The lowest BCUT2D eigenvalue weighted by Gasteiger charge is -2.23. The van der Waals surface area contributed by atoms with Gasteiger partial charge in [0.1, 0.15) is 11.5 Å². The lowest BCUT2D eigenvalue weighted by atomic mass is 9.92. The fourth-order valence-corrected chi connectivity index (χ4v) is 4.11. The Kier molecular flexibility index (Phi) is 9.00. The second kappa shape index (κ2) is 12.2. The Hall–Kier alpha value is -2.98. The van der Waals surface area contributed by atoms with Crippen molar-refractivity contribution in [3.63, 3.8) is 0 Å². The molecule has 0 heterocycles. The molecular formula is C28H36N2O2. The van der Waals surface area contributed by atoms with Crippen LogP contribution >= 0.6 is 0 Å². The van der Waals surface area contributed by atoms with E-state index >= 15 is 0 Å². The first-order valence-corrected chi connectivity index (χ1v) is 11.6. The summed E-state index contributed by atoms with van der Waals surface area (Å²) in [6, 6.07) is 22.6. The van der Waals surface area contributed by atoms with Crippen molar-refractivity contribution in [2.24, 2.45) is 5.73 Å². The molecule has 0 radical (unpaired) electrons. The molecule has 0 saturated carbocycles. The summed E-state index contributed by atoms with van der Waals surface area (Å²) >= 11 is 0. The summed E-state index contributed by atoms with van der Waals surface area (Å²) in [7, 11) is 1.70. The molecule has 0 atom stereocenters. The molecule has 1 aliphatic rings. The maximum Gasteiger partial charge on any atom is 0.120 e. The molecule has 0 aromatic heterocycles. The molecule has 1 aliphatic carbocycles. The summed E-state index contributed by atoms with van der Waals surface area (Å²) in [6.07, 6.45) is 5.85. The number of methoxy groups -OCH3 is 1. The minimum Gasteiger partial charge on any atom is -0.508 e. The highest BCUT2D eigenvalue weighted by molar-refractivity contribution is 5.51. The van der Waals surface area contributed by atoms with Gasteiger partial charge in [-0.25, -0.2) is 0 Å². The summed E-state index contributed by atoms with van der Waals surface area (Å²) in [6.45, 7) is 4.72. The Morgan fingerprint density at radius 1 is 0.906 bits per heavy atom. The van der Waals surface area contributed by atoms with E-state index in [0.29, 0.717) is 12.3 Å². The van der Waals surface area contributed by atoms with Crippen LogP contribution in [0.2, 0.25) is 0 Å². The molecule has 0 aliphatic heterocycles. The molecule has 0 unspecified atom stereocenters. The number of aromatic hydroxyl groups is 1. The molecule has 4 heteroatoms. The Bertz CT molecular complexity index is 969. The summed E-state index contributed by atoms with van der Waals surface area (Å²) in [5, 5.41) is 9.19. The third-order valence-electron chi connectivity index (χ3n) is 5.96. The van der Waals surface area contributed by atoms with Crippen LogP contribution < -0.4 is 15.4 Å². The SMILES string of the molecule is CCN(Cc1ccc(CCN)cc1)c1cccc(OC)c1.Oc1ccc2c(c1)CCCC2. The van der Waals surface area contributed by atoms with Gasteiger partial charge in [0, 0.05) is 24.8 Å². The number of hydrogen-bond donors (Lipinski definition) is 2. The molecule has 3 aromatic carbocycles. The predicted molar refractivity (Wildman–Crippen MR) is 134 cm³/mol. The molecule has 0 spiro atoms. The Morgan fingerprint density at radius 3 is 2.31 bits per heavy atom. The largest absolute Gasteiger partial charge is 0.508 e. The van der Waals surface area contributed by atoms with Crippen molar-refractivity contribution in [2.75, 3.05) is 25.1 Å². The zero-order valence-corrected chi connectivity index (χ0v) is 19.4. The second-order valence-electron chi connectivity index (χ2n) is 8.23. The van der Waals surface area contributed by atoms with Crippen molar-refractivity contribution in [3.05, 3.63) is 89.0 Å². The topological polar surface area (TPSA) is 58.7 Å². The first-order valence-electron chi connectivity index (χ1n) is 11.6. The van der Waals surface area contributed by atoms with Gasteiger partial charge in [-0.05, 0) is 92.1 Å². The van der Waals surface area contributed by atoms with Crippen LogP contribution in [0.1, 0.15) is 42.0 Å². The molecule has 4 nitrogen and oxygen atoms in total. The average molecular weight is 433 g/mol. The van der Waals surface area contributed by atoms with Crippen LogP contribution in [0.25, 0.3) is 0 Å². The van der Waals surface area contributed by atoms with Crippen molar-refractivity contribution in [1.29, 1.82) is 0 Å². The monoisotopic (exact) mass is 432 g/mol. The normalized spacial score (nSPS) is 12.3. The number of rotatable bonds is 7. The van der Waals surface area contributed by atoms with E-state index in [1.807, 2.05) is 24.3 Å². The molecule has 0 saturated heterocycles. The maximum atomic E-state index is 9.19. The Morgan fingerprint density at radius 2 is 1.62 bits per heavy atom. The number of benzene rings is 3. The molecule has 32 heavy (non-hydrogen) atoms. The zero-order chi connectivity index (χ0) is 22.8. The van der Waals surface area contributed by atoms with E-state index in [9.17, 15) is 5.11 Å². The highest BCUT2D eigenvalue weighted by Gasteiger charge is 2.08. The fourth-order valence-electron chi connectivity index (χ4n) is 4.11. The van der Waals surface area contributed by atoms with Gasteiger partial charge in [0.05, 0.1) is 7.11 Å². The van der Waals surface area contributed by atoms with Gasteiger partial charge in [-0.3, -0.25) is 0 Å². The van der Waals surface area contributed by atoms with Gasteiger partial charge in [0.25, 0.3) is 0 Å². The summed E-state index contributed by atoms with van der Waals surface area (Å²) < 4.78 is 5.30. The van der Waals surface area contributed by atoms with Gasteiger partial charge in [-0.15, -0.1) is 0 Å². The first-order chi connectivity index (χ1) is 15.6. The van der Waals surface area contributed by atoms with Gasteiger partial charge < -0.3 is 20.5 Å². The number of ether oxygens (including phenoxy) is 1. The molecule has 3 aromatic rings. The number of phenols is 1. The number of aryl methyl sites for hydroxylation is 2. The van der Waals surface area contributed by atoms with E-state index < -0.39 is 0 Å². The van der Waals surface area contributed by atoms with E-state index in [4.69, 9.17) is 10.5 Å². The minimum atomic E-state index is 0.408. The van der Waals surface area contributed by atoms with Gasteiger partial charge in [-0.2, -0.15) is 0 Å². The lowest BCUT2D eigenvalue weighted by Crippen LogP contribution is -2.21. The van der Waals surface area contributed by atoms with Crippen LogP contribution in [0.15, 0.2) is 66.7 Å². The van der Waals surface area contributed by atoms with Gasteiger partial charge in [-0.1, -0.05) is 36.4 Å². The van der Waals surface area contributed by atoms with Gasteiger partial charge in [0.2, 0.25) is 0 Å². The third kappa shape index (κ3) is 6.76. The fraction of sp³-hybridized carbons (Fsp3) is 0.357. The summed E-state index contributed by atoms with van der Waals surface area (Å²) in [5.74, 6) is 1.30. The van der Waals surface area contributed by atoms with Gasteiger partial charge >= 0.3 is 0 Å². The van der Waals surface area contributed by atoms with Crippen LogP contribution in [0, 0.1) is 0 Å². The van der Waals surface area contributed by atoms with Crippen LogP contribution in [0.4, 0.5) is 5.69 Å². The number of anilines is 1. The number of phenolic OH excluding ortho intramolecular Hbond substituents is 1. The number of nitrogens with two attached hydrogens (primary N) is 1. The average Bonchev–Trinajstić information content (AvgIpc) is 2.84. The summed E-state index contributed by atoms with van der Waals surface area (Å²) in [4.78, 5) is 2.33. The third-order valence-corrected chi connectivity index (χ3v) is 5.96. The molecule has 0 amide bonds. The van der Waals surface area contributed by atoms with Crippen LogP contribution in [-0.4, -0.2) is 25.3 Å². The molecule has 170 valence electrons. The Balaban J connectivity index is 0.000000219. The van der Waals surface area contributed by atoms with Crippen LogP contribution in [0.5, 0.6) is 11.5 Å². The zero-order valence-electron chi connectivity index (χ0n) is 19.4. The van der Waals surface area contributed by atoms with E-state index in [2.05, 4.69) is 48.2 Å². The first kappa shape index (κ1) is 23.7. The lowest BCUT2D eigenvalue weighted by molar-refractivity contribution is 0.415. The van der Waals surface area contributed by atoms with E-state index in [1.54, 1.807) is 13.2 Å². The summed E-state index contributed by atoms with van der Waals surface area (Å²) in [5.41, 5.74) is 12.1. The standard InChI is InChI=1S/C18H24N2O.C10H12O/c1-3-20(17-5-4-6-18(13-17)21-2)14-16-9-7-15(8-10-16)11-12-19;11-10-6-5-8-3-1-2-4-9(8)7-10/h4-10,13H,3,11-12,14,19H2,1-2H3;5-7,11H,1-4H2. The van der Waals surface area contributed by atoms with E-state index in [0.717, 1.165) is 31.7 Å². The quantitative estimate of drug-likeness (QED) is 0.518. The molecule has 4 rings (SSSR count). The number of nitrogens with zero attached hydrogens (tertiary/aromatic N) is 1. The van der Waals surface area contributed by atoms with E-state index in [1.165, 1.54) is 47.2 Å². The van der Waals surface area contributed by atoms with Crippen molar-refractivity contribution < 1.29 is 9.84 Å². The predicted octanol–water partition coefficient (Wildman–Crippen LogP) is 5.49. The Labute approximate surface area is 192 Å². The molecular weight excluding hydrogens is 396 g/mol. The van der Waals surface area contributed by atoms with Crippen LogP contribution in [0.3, 0.4) is 0 Å². The number of fused-ring (bicyclic) bond motifs is 1. The second-order valence-corrected chi connectivity index (χ2v) is 8.23. The maximum absolute atomic E-state index is 9.19. The highest BCUT2D eigenvalue weighted by atomic mass is 16.5. The van der Waals surface area contributed by atoms with E-state index in [-0.39, 0.29) is 0 Å². The smallest absolute Gasteiger partial charge is 0.120 e. The molecule has 0 fully saturated rings. The van der Waals surface area contributed by atoms with Crippen molar-refractivity contribution in [2.45, 2.75) is 45.6 Å². The van der Waals surface area contributed by atoms with Crippen molar-refractivity contribution in [3.8, 4) is 11.5 Å². The minimum absolute atomic E-state index is 0.408. The van der Waals surface area contributed by atoms with Gasteiger partial charge in [0.15, 0.2) is 0 Å². The van der Waals surface area contributed by atoms with Crippen molar-refractivity contribution >= 4 is 5.69 Å². The highest BCUT2D eigenvalue weighted by Crippen LogP contribution is 2.24. The van der Waals surface area contributed by atoms with Crippen LogP contribution in [-0.2, 0) is 25.8 Å². The van der Waals surface area contributed by atoms with Crippen molar-refractivity contribution in [1.82, 2.24) is 0 Å².